The lowest BCUT2D eigenvalue weighted by molar-refractivity contribution is -0.116. The maximum Gasteiger partial charge on any atom is 0.338 e. The lowest BCUT2D eigenvalue weighted by atomic mass is 10.2. The summed E-state index contributed by atoms with van der Waals surface area (Å²) in [5.41, 5.74) is 2.38. The van der Waals surface area contributed by atoms with E-state index < -0.39 is 5.97 Å². The first-order chi connectivity index (χ1) is 12.6. The van der Waals surface area contributed by atoms with Gasteiger partial charge in [0.15, 0.2) is 6.29 Å². The molecule has 1 N–H and O–H groups in total. The minimum atomic E-state index is -0.398. The number of ether oxygens (including phenoxy) is 1. The largest absolute Gasteiger partial charge is 0.462 e. The number of nitrogens with one attached hydrogen (secondary N) is 1. The van der Waals surface area contributed by atoms with E-state index in [2.05, 4.69) is 5.32 Å². The van der Waals surface area contributed by atoms with Crippen LogP contribution in [0.1, 0.15) is 27.6 Å². The number of hydrogen-bond acceptors (Lipinski definition) is 4. The average molecular weight is 350 g/mol. The van der Waals surface area contributed by atoms with Crippen molar-refractivity contribution in [2.45, 2.75) is 13.5 Å². The van der Waals surface area contributed by atoms with Gasteiger partial charge in [0, 0.05) is 28.4 Å². The molecule has 6 nitrogen and oxygen atoms in total. The van der Waals surface area contributed by atoms with Gasteiger partial charge in [-0.25, -0.2) is 4.79 Å². The van der Waals surface area contributed by atoms with Crippen molar-refractivity contribution in [2.75, 3.05) is 11.9 Å². The second-order valence-electron chi connectivity index (χ2n) is 5.69. The maximum atomic E-state index is 12.3. The van der Waals surface area contributed by atoms with Crippen molar-refractivity contribution in [3.63, 3.8) is 0 Å². The first-order valence-electron chi connectivity index (χ1n) is 8.22. The Morgan fingerprint density at radius 3 is 2.54 bits per heavy atom. The Balaban J connectivity index is 1.71. The van der Waals surface area contributed by atoms with E-state index in [0.717, 1.165) is 17.2 Å². The first-order valence-corrected chi connectivity index (χ1v) is 8.22. The van der Waals surface area contributed by atoms with Gasteiger partial charge >= 0.3 is 5.97 Å². The van der Waals surface area contributed by atoms with Gasteiger partial charge in [-0.1, -0.05) is 18.2 Å². The standard InChI is InChI=1S/C20H18N2O4/c1-2-26-20(25)14-7-9-16(10-8-14)21-19(24)12-22-11-15(13-23)17-5-3-4-6-18(17)22/h3-11,13H,2,12H2,1H3,(H,21,24). The Labute approximate surface area is 150 Å². The van der Waals surface area contributed by atoms with Crippen LogP contribution >= 0.6 is 0 Å². The van der Waals surface area contributed by atoms with Crippen molar-refractivity contribution in [1.82, 2.24) is 4.57 Å². The van der Waals surface area contributed by atoms with Crippen LogP contribution in [-0.2, 0) is 16.1 Å². The number of benzene rings is 2. The second kappa shape index (κ2) is 7.65. The van der Waals surface area contributed by atoms with Crippen LogP contribution in [0.3, 0.4) is 0 Å². The summed E-state index contributed by atoms with van der Waals surface area (Å²) in [5, 5.41) is 3.59. The molecule has 26 heavy (non-hydrogen) atoms. The van der Waals surface area contributed by atoms with Crippen molar-refractivity contribution < 1.29 is 19.1 Å². The highest BCUT2D eigenvalue weighted by Crippen LogP contribution is 2.20. The van der Waals surface area contributed by atoms with E-state index in [-0.39, 0.29) is 12.5 Å². The summed E-state index contributed by atoms with van der Waals surface area (Å²) in [6, 6.07) is 13.9. The number of anilines is 1. The van der Waals surface area contributed by atoms with Gasteiger partial charge in [-0.15, -0.1) is 0 Å². The molecule has 0 unspecified atom stereocenters. The Morgan fingerprint density at radius 2 is 1.85 bits per heavy atom. The number of para-hydroxylation sites is 1. The quantitative estimate of drug-likeness (QED) is 0.547. The number of carbonyl (C=O) groups excluding carboxylic acids is 3. The number of hydrogen-bond donors (Lipinski definition) is 1. The maximum absolute atomic E-state index is 12.3. The van der Waals surface area contributed by atoms with Gasteiger partial charge in [0.25, 0.3) is 0 Å². The third kappa shape index (κ3) is 3.64. The number of esters is 1. The molecule has 6 heteroatoms. The molecule has 3 aromatic rings. The van der Waals surface area contributed by atoms with Crippen LogP contribution < -0.4 is 5.32 Å². The zero-order valence-corrected chi connectivity index (χ0v) is 14.3. The van der Waals surface area contributed by atoms with Crippen molar-refractivity contribution in [3.05, 3.63) is 65.9 Å². The van der Waals surface area contributed by atoms with Gasteiger partial charge in [0.2, 0.25) is 5.91 Å². The second-order valence-corrected chi connectivity index (χ2v) is 5.69. The Bertz CT molecular complexity index is 958. The van der Waals surface area contributed by atoms with Crippen LogP contribution in [0.4, 0.5) is 5.69 Å². The molecular formula is C20H18N2O4. The fraction of sp³-hybridized carbons (Fsp3) is 0.150. The fourth-order valence-corrected chi connectivity index (χ4v) is 2.76. The van der Waals surface area contributed by atoms with Gasteiger partial charge in [-0.3, -0.25) is 9.59 Å². The predicted molar refractivity (Wildman–Crippen MR) is 98.4 cm³/mol. The number of aromatic nitrogens is 1. The number of amides is 1. The lowest BCUT2D eigenvalue weighted by Crippen LogP contribution is -2.18. The van der Waals surface area contributed by atoms with E-state index in [4.69, 9.17) is 4.74 Å². The van der Waals surface area contributed by atoms with E-state index >= 15 is 0 Å². The molecule has 0 spiro atoms. The highest BCUT2D eigenvalue weighted by molar-refractivity contribution is 5.99. The molecule has 1 aromatic heterocycles. The topological polar surface area (TPSA) is 77.4 Å². The van der Waals surface area contributed by atoms with Crippen molar-refractivity contribution in [3.8, 4) is 0 Å². The van der Waals surface area contributed by atoms with Crippen LogP contribution in [-0.4, -0.2) is 29.3 Å². The summed E-state index contributed by atoms with van der Waals surface area (Å²) in [7, 11) is 0. The summed E-state index contributed by atoms with van der Waals surface area (Å²) in [5.74, 6) is -0.627. The minimum absolute atomic E-state index is 0.0774. The van der Waals surface area contributed by atoms with Crippen LogP contribution in [0, 0.1) is 0 Å². The smallest absolute Gasteiger partial charge is 0.338 e. The average Bonchev–Trinajstić information content (AvgIpc) is 3.00. The van der Waals surface area contributed by atoms with Gasteiger partial charge in [0.05, 0.1) is 12.2 Å². The van der Waals surface area contributed by atoms with E-state index in [1.807, 2.05) is 24.3 Å². The highest BCUT2D eigenvalue weighted by Gasteiger charge is 2.11. The van der Waals surface area contributed by atoms with Gasteiger partial charge in [0.1, 0.15) is 6.54 Å². The number of carbonyl (C=O) groups is 3. The van der Waals surface area contributed by atoms with Crippen LogP contribution in [0.5, 0.6) is 0 Å². The number of rotatable bonds is 6. The van der Waals surface area contributed by atoms with Crippen LogP contribution in [0.25, 0.3) is 10.9 Å². The number of nitrogens with zero attached hydrogens (tertiary/aromatic N) is 1. The molecule has 1 heterocycles. The predicted octanol–water partition coefficient (Wildman–Crippen LogP) is 3.27. The third-order valence-electron chi connectivity index (χ3n) is 3.94. The molecule has 0 aliphatic carbocycles. The zero-order valence-electron chi connectivity index (χ0n) is 14.3. The Hall–Kier alpha value is -3.41. The minimum Gasteiger partial charge on any atom is -0.462 e. The van der Waals surface area contributed by atoms with Crippen molar-refractivity contribution in [2.24, 2.45) is 0 Å². The molecule has 0 bridgehead atoms. The molecule has 0 saturated carbocycles. The molecule has 0 aliphatic rings. The van der Waals surface area contributed by atoms with Gasteiger partial charge < -0.3 is 14.6 Å². The van der Waals surface area contributed by atoms with Crippen LogP contribution in [0.15, 0.2) is 54.7 Å². The molecule has 0 aliphatic heterocycles. The summed E-state index contributed by atoms with van der Waals surface area (Å²) in [6.45, 7) is 2.13. The molecule has 3 rings (SSSR count). The normalized spacial score (nSPS) is 10.5. The van der Waals surface area contributed by atoms with Crippen molar-refractivity contribution >= 4 is 34.8 Å². The Kier molecular flexibility index (Phi) is 5.12. The fourth-order valence-electron chi connectivity index (χ4n) is 2.76. The molecule has 0 atom stereocenters. The van der Waals surface area contributed by atoms with E-state index in [9.17, 15) is 14.4 Å². The Morgan fingerprint density at radius 1 is 1.12 bits per heavy atom. The monoisotopic (exact) mass is 350 g/mol. The summed E-state index contributed by atoms with van der Waals surface area (Å²) in [6.07, 6.45) is 2.45. The first kappa shape index (κ1) is 17.4. The number of fused-ring (bicyclic) bond motifs is 1. The molecule has 1 amide bonds. The molecular weight excluding hydrogens is 332 g/mol. The summed E-state index contributed by atoms with van der Waals surface area (Å²) < 4.78 is 6.66. The molecule has 2 aromatic carbocycles. The summed E-state index contributed by atoms with van der Waals surface area (Å²) in [4.78, 5) is 35.2. The van der Waals surface area contributed by atoms with Crippen molar-refractivity contribution in [1.29, 1.82) is 0 Å². The van der Waals surface area contributed by atoms with Crippen LogP contribution in [0.2, 0.25) is 0 Å². The highest BCUT2D eigenvalue weighted by atomic mass is 16.5. The van der Waals surface area contributed by atoms with Gasteiger partial charge in [-0.2, -0.15) is 0 Å². The molecule has 0 radical (unpaired) electrons. The zero-order chi connectivity index (χ0) is 18.5. The molecule has 0 fully saturated rings. The molecule has 0 saturated heterocycles. The third-order valence-corrected chi connectivity index (χ3v) is 3.94. The van der Waals surface area contributed by atoms with E-state index in [0.29, 0.717) is 23.4 Å². The SMILES string of the molecule is CCOC(=O)c1ccc(NC(=O)Cn2cc(C=O)c3ccccc32)cc1. The van der Waals surface area contributed by atoms with E-state index in [1.54, 1.807) is 42.0 Å². The van der Waals surface area contributed by atoms with E-state index in [1.165, 1.54) is 0 Å². The molecule has 132 valence electrons. The number of aldehydes is 1. The van der Waals surface area contributed by atoms with Gasteiger partial charge in [-0.05, 0) is 37.3 Å². The lowest BCUT2D eigenvalue weighted by Gasteiger charge is -2.08. The summed E-state index contributed by atoms with van der Waals surface area (Å²) >= 11 is 0.